The number of unbranched alkanes of at least 4 members (excludes halogenated alkanes) is 2. The number of carbonyl (C=O) groups is 7. The first-order valence-corrected chi connectivity index (χ1v) is 28.0. The molecule has 2 aliphatic rings. The van der Waals surface area contributed by atoms with Crippen molar-refractivity contribution in [3.8, 4) is 0 Å². The highest BCUT2D eigenvalue weighted by Crippen LogP contribution is 2.33. The lowest BCUT2D eigenvalue weighted by molar-refractivity contribution is -0.143. The topological polar surface area (TPSA) is 216 Å². The van der Waals surface area contributed by atoms with Gasteiger partial charge in [0, 0.05) is 52.5 Å². The van der Waals surface area contributed by atoms with Crippen LogP contribution in [-0.2, 0) is 43.0 Å². The normalized spacial score (nSPS) is 20.0. The zero-order valence-corrected chi connectivity index (χ0v) is 48.1. The molecule has 0 aromatic heterocycles. The number of aliphatic hydroxyl groups excluding tert-OH is 1. The highest BCUT2D eigenvalue weighted by atomic mass is 16.5. The third-order valence-corrected chi connectivity index (χ3v) is 15.7. The van der Waals surface area contributed by atoms with Gasteiger partial charge in [0.2, 0.25) is 41.4 Å². The van der Waals surface area contributed by atoms with Gasteiger partial charge in [0.1, 0.15) is 0 Å². The number of amides is 7. The summed E-state index contributed by atoms with van der Waals surface area (Å²) in [5.74, 6) is -1.91. The van der Waals surface area contributed by atoms with Crippen LogP contribution in [0.1, 0.15) is 165 Å². The Labute approximate surface area is 449 Å². The highest BCUT2D eigenvalue weighted by Gasteiger charge is 2.42. The molecule has 2 aliphatic heterocycles. The minimum absolute atomic E-state index is 0.000252. The van der Waals surface area contributed by atoms with Crippen molar-refractivity contribution in [2.75, 3.05) is 40.9 Å². The molecule has 0 aliphatic carbocycles. The number of likely N-dealkylation sites (tertiary alicyclic amines) is 2. The average Bonchev–Trinajstić information content (AvgIpc) is 3.97. The predicted molar refractivity (Wildman–Crippen MR) is 292 cm³/mol. The zero-order valence-electron chi connectivity index (χ0n) is 48.1. The van der Waals surface area contributed by atoms with Crippen molar-refractivity contribution in [1.29, 1.82) is 0 Å². The van der Waals surface area contributed by atoms with E-state index in [4.69, 9.17) is 9.47 Å². The van der Waals surface area contributed by atoms with Crippen molar-refractivity contribution in [2.24, 2.45) is 41.4 Å². The molecule has 7 amide bonds. The smallest absolute Gasteiger partial charge is 0.238 e. The summed E-state index contributed by atoms with van der Waals surface area (Å²) < 4.78 is 12.1. The van der Waals surface area contributed by atoms with Crippen LogP contribution in [0.2, 0.25) is 0 Å². The lowest BCUT2D eigenvalue weighted by Crippen LogP contribution is -2.52. The van der Waals surface area contributed by atoms with Gasteiger partial charge in [-0.05, 0) is 101 Å². The van der Waals surface area contributed by atoms with Gasteiger partial charge in [-0.3, -0.25) is 54.2 Å². The SMILES string of the molecule is CCC(/C=C(\C)[C@@H](NC(=O)C(C(C)C)N(C)CCCC(=O)NNC(=O)CCCCCN1C(=O)CC(C(C)C)C1=O)C(C)C)C(CC)C(CC(=O)N1CCCC1C(OC)C(C)C(=O)NC(C)C(O)c1ccccc1)OC. The highest BCUT2D eigenvalue weighted by molar-refractivity contribution is 6.03. The number of imide groups is 1. The number of methoxy groups -OCH3 is 2. The fourth-order valence-corrected chi connectivity index (χ4v) is 11.3. The summed E-state index contributed by atoms with van der Waals surface area (Å²) >= 11 is 0. The van der Waals surface area contributed by atoms with Crippen LogP contribution in [0.5, 0.6) is 0 Å². The first-order valence-electron chi connectivity index (χ1n) is 28.0. The van der Waals surface area contributed by atoms with Gasteiger partial charge in [0.25, 0.3) is 0 Å². The van der Waals surface area contributed by atoms with Crippen molar-refractivity contribution in [2.45, 2.75) is 196 Å². The largest absolute Gasteiger partial charge is 0.386 e. The molecular weight excluding hydrogens is 955 g/mol. The molecule has 2 fully saturated rings. The maximum atomic E-state index is 14.3. The van der Waals surface area contributed by atoms with Crippen molar-refractivity contribution < 1.29 is 48.1 Å². The fraction of sp³-hybridized carbons (Fsp3) is 0.741. The van der Waals surface area contributed by atoms with Crippen LogP contribution >= 0.6 is 0 Å². The lowest BCUT2D eigenvalue weighted by Gasteiger charge is -2.36. The molecule has 1 aromatic carbocycles. The monoisotopic (exact) mass is 1050 g/mol. The van der Waals surface area contributed by atoms with E-state index in [2.05, 4.69) is 62.2 Å². The molecular formula is C58H97N7O10. The average molecular weight is 1050 g/mol. The Kier molecular flexibility index (Phi) is 27.7. The zero-order chi connectivity index (χ0) is 56.1. The van der Waals surface area contributed by atoms with E-state index < -0.39 is 30.2 Å². The number of hydrazine groups is 1. The van der Waals surface area contributed by atoms with Crippen molar-refractivity contribution in [1.82, 2.24) is 36.2 Å². The number of likely N-dealkylation sites (N-methyl/N-ethyl adjacent to an activating group) is 1. The van der Waals surface area contributed by atoms with E-state index in [-0.39, 0.29) is 121 Å². The molecule has 2 heterocycles. The number of nitrogens with one attached hydrogen (secondary N) is 4. The number of rotatable bonds is 32. The minimum atomic E-state index is -0.879. The van der Waals surface area contributed by atoms with Gasteiger partial charge < -0.3 is 30.1 Å². The Balaban J connectivity index is 1.55. The Morgan fingerprint density at radius 2 is 1.47 bits per heavy atom. The van der Waals surface area contributed by atoms with Crippen molar-refractivity contribution >= 4 is 41.4 Å². The van der Waals surface area contributed by atoms with E-state index in [1.807, 2.05) is 81.8 Å². The van der Waals surface area contributed by atoms with Gasteiger partial charge in [-0.2, -0.15) is 0 Å². The predicted octanol–water partition coefficient (Wildman–Crippen LogP) is 6.89. The molecule has 11 atom stereocenters. The van der Waals surface area contributed by atoms with Crippen LogP contribution < -0.4 is 21.5 Å². The molecule has 75 heavy (non-hydrogen) atoms. The number of hydrogen-bond donors (Lipinski definition) is 5. The van der Waals surface area contributed by atoms with Gasteiger partial charge >= 0.3 is 0 Å². The second kappa shape index (κ2) is 32.1. The Morgan fingerprint density at radius 3 is 2.01 bits per heavy atom. The number of benzene rings is 1. The minimum Gasteiger partial charge on any atom is -0.386 e. The van der Waals surface area contributed by atoms with Gasteiger partial charge in [0.05, 0.1) is 54.8 Å². The maximum absolute atomic E-state index is 14.3. The molecule has 17 heteroatoms. The van der Waals surface area contributed by atoms with Crippen LogP contribution in [0.25, 0.3) is 0 Å². The molecule has 2 saturated heterocycles. The summed E-state index contributed by atoms with van der Waals surface area (Å²) in [7, 11) is 5.12. The van der Waals surface area contributed by atoms with Crippen LogP contribution in [0.4, 0.5) is 0 Å². The van der Waals surface area contributed by atoms with E-state index in [0.717, 1.165) is 24.8 Å². The molecule has 1 aromatic rings. The van der Waals surface area contributed by atoms with Crippen LogP contribution in [0.3, 0.4) is 0 Å². The van der Waals surface area contributed by atoms with Crippen LogP contribution in [-0.4, -0.2) is 138 Å². The Hall–Kier alpha value is -4.71. The molecule has 0 saturated carbocycles. The molecule has 0 spiro atoms. The maximum Gasteiger partial charge on any atom is 0.238 e. The summed E-state index contributed by atoms with van der Waals surface area (Å²) in [6.07, 6.45) is 6.58. The summed E-state index contributed by atoms with van der Waals surface area (Å²) in [6.45, 7) is 23.4. The Morgan fingerprint density at radius 1 is 0.827 bits per heavy atom. The first-order chi connectivity index (χ1) is 35.5. The number of ether oxygens (including phenoxy) is 2. The summed E-state index contributed by atoms with van der Waals surface area (Å²) in [4.78, 5) is 97.2. The summed E-state index contributed by atoms with van der Waals surface area (Å²) in [6, 6.07) is 7.66. The van der Waals surface area contributed by atoms with Crippen LogP contribution in [0.15, 0.2) is 42.0 Å². The van der Waals surface area contributed by atoms with E-state index in [1.165, 1.54) is 4.90 Å². The quantitative estimate of drug-likeness (QED) is 0.0217. The van der Waals surface area contributed by atoms with E-state index in [9.17, 15) is 38.7 Å². The number of aliphatic hydroxyl groups is 1. The number of allylic oxidation sites excluding steroid dienone is 1. The molecule has 424 valence electrons. The Bertz CT molecular complexity index is 2010. The van der Waals surface area contributed by atoms with Gasteiger partial charge in [0.15, 0.2) is 0 Å². The van der Waals surface area contributed by atoms with Crippen LogP contribution in [0, 0.1) is 41.4 Å². The standard InChI is InChI=1S/C58H97N7O10/c1-15-42(44(16-2)47(74-13)35-51(69)64-32-23-27-46(64)55(75-14)40(10)56(71)59-41(11)54(70)43-25-19-17-20-26-43)33-39(9)52(37(5)6)60-57(72)53(38(7)8)63(12)30-24-29-49(67)62-61-48(66)28-21-18-22-31-65-50(68)34-45(36(3)4)58(65)73/h17,19-20,25-26,33,36-38,40-42,44-47,52-55,70H,15-16,18,21-24,27-32,34-35H2,1-14H3,(H,59,71)(H,60,72)(H,61,66)(H,62,67)/b39-33+/t40?,41?,42?,44?,45?,46?,47?,52-,53?,54?,55?/m0/s1. The lowest BCUT2D eigenvalue weighted by atomic mass is 9.80. The molecule has 3 rings (SSSR count). The number of carbonyl (C=O) groups excluding carboxylic acids is 7. The second-order valence-corrected chi connectivity index (χ2v) is 22.3. The number of hydrogen-bond acceptors (Lipinski definition) is 11. The second-order valence-electron chi connectivity index (χ2n) is 22.3. The van der Waals surface area contributed by atoms with E-state index >= 15 is 0 Å². The van der Waals surface area contributed by atoms with Gasteiger partial charge in [-0.1, -0.05) is 117 Å². The first kappa shape index (κ1) is 64.6. The molecule has 0 bridgehead atoms. The third kappa shape index (κ3) is 19.1. The van der Waals surface area contributed by atoms with Gasteiger partial charge in [-0.15, -0.1) is 0 Å². The molecule has 10 unspecified atom stereocenters. The summed E-state index contributed by atoms with van der Waals surface area (Å²) in [5, 5.41) is 17.3. The van der Waals surface area contributed by atoms with Crippen molar-refractivity contribution in [3.05, 3.63) is 47.5 Å². The molecule has 5 N–H and O–H groups in total. The molecule has 0 radical (unpaired) electrons. The fourth-order valence-electron chi connectivity index (χ4n) is 11.3. The van der Waals surface area contributed by atoms with E-state index in [0.29, 0.717) is 57.3 Å². The van der Waals surface area contributed by atoms with Gasteiger partial charge in [-0.25, -0.2) is 0 Å². The number of nitrogens with zero attached hydrogens (tertiary/aromatic N) is 3. The molecule has 17 nitrogen and oxygen atoms in total. The summed E-state index contributed by atoms with van der Waals surface area (Å²) in [5.41, 5.74) is 6.72. The van der Waals surface area contributed by atoms with E-state index in [1.54, 1.807) is 21.1 Å². The van der Waals surface area contributed by atoms with Crippen molar-refractivity contribution in [3.63, 3.8) is 0 Å². The third-order valence-electron chi connectivity index (χ3n) is 15.7.